The molecule has 110 valence electrons. The molecule has 2 aromatic rings. The van der Waals surface area contributed by atoms with Crippen molar-refractivity contribution in [3.05, 3.63) is 66.0 Å². The molecule has 0 aromatic heterocycles. The molecule has 0 bridgehead atoms. The fourth-order valence-electron chi connectivity index (χ4n) is 2.26. The van der Waals surface area contributed by atoms with Gasteiger partial charge in [0, 0.05) is 12.2 Å². The standard InChI is InChI=1S/C17H19FN2O/c18-15-8-10-16(11-9-15)20(13-17(19)21)12-4-7-14-5-2-1-3-6-14/h1-3,5-6,8-11H,4,7,12-13H2,(H2,19,21). The van der Waals surface area contributed by atoms with Crippen LogP contribution in [0.5, 0.6) is 0 Å². The molecule has 0 radical (unpaired) electrons. The first kappa shape index (κ1) is 15.0. The van der Waals surface area contributed by atoms with Crippen LogP contribution in [-0.4, -0.2) is 19.0 Å². The molecule has 0 aliphatic heterocycles. The maximum absolute atomic E-state index is 13.0. The summed E-state index contributed by atoms with van der Waals surface area (Å²) in [5.74, 6) is -0.680. The number of hydrogen-bond acceptors (Lipinski definition) is 2. The Bertz CT molecular complexity index is 569. The minimum absolute atomic E-state index is 0.139. The Kier molecular flexibility index (Phi) is 5.32. The molecule has 3 nitrogen and oxygen atoms in total. The number of benzene rings is 2. The first-order valence-corrected chi connectivity index (χ1v) is 6.98. The van der Waals surface area contributed by atoms with Gasteiger partial charge in [0.05, 0.1) is 6.54 Å². The van der Waals surface area contributed by atoms with E-state index >= 15 is 0 Å². The third kappa shape index (κ3) is 4.91. The molecule has 0 heterocycles. The highest BCUT2D eigenvalue weighted by atomic mass is 19.1. The van der Waals surface area contributed by atoms with Crippen molar-refractivity contribution in [3.63, 3.8) is 0 Å². The molecule has 2 N–H and O–H groups in total. The van der Waals surface area contributed by atoms with Crippen LogP contribution < -0.4 is 10.6 Å². The van der Waals surface area contributed by atoms with Gasteiger partial charge in [-0.3, -0.25) is 4.79 Å². The van der Waals surface area contributed by atoms with Gasteiger partial charge in [-0.2, -0.15) is 0 Å². The van der Waals surface area contributed by atoms with Crippen LogP contribution in [0.15, 0.2) is 54.6 Å². The first-order chi connectivity index (χ1) is 10.1. The second-order valence-corrected chi connectivity index (χ2v) is 4.95. The molecule has 0 saturated heterocycles. The summed E-state index contributed by atoms with van der Waals surface area (Å²) >= 11 is 0. The Morgan fingerprint density at radius 1 is 1.05 bits per heavy atom. The van der Waals surface area contributed by atoms with E-state index in [1.807, 2.05) is 23.1 Å². The molecule has 0 aliphatic rings. The smallest absolute Gasteiger partial charge is 0.236 e. The Labute approximate surface area is 124 Å². The summed E-state index contributed by atoms with van der Waals surface area (Å²) in [7, 11) is 0. The van der Waals surface area contributed by atoms with Crippen molar-refractivity contribution < 1.29 is 9.18 Å². The van der Waals surface area contributed by atoms with Crippen LogP contribution in [0, 0.1) is 5.82 Å². The number of rotatable bonds is 7. The minimum Gasteiger partial charge on any atom is -0.368 e. The normalized spacial score (nSPS) is 10.3. The summed E-state index contributed by atoms with van der Waals surface area (Å²) in [6.07, 6.45) is 1.83. The van der Waals surface area contributed by atoms with E-state index in [0.29, 0.717) is 6.54 Å². The van der Waals surface area contributed by atoms with Crippen molar-refractivity contribution in [3.8, 4) is 0 Å². The van der Waals surface area contributed by atoms with Gasteiger partial charge < -0.3 is 10.6 Å². The number of aryl methyl sites for hydroxylation is 1. The zero-order valence-electron chi connectivity index (χ0n) is 11.8. The summed E-state index contributed by atoms with van der Waals surface area (Å²) in [6.45, 7) is 0.837. The highest BCUT2D eigenvalue weighted by Crippen LogP contribution is 2.15. The monoisotopic (exact) mass is 286 g/mol. The average Bonchev–Trinajstić information content (AvgIpc) is 2.48. The second-order valence-electron chi connectivity index (χ2n) is 4.95. The van der Waals surface area contributed by atoms with E-state index in [1.54, 1.807) is 12.1 Å². The third-order valence-corrected chi connectivity index (χ3v) is 3.27. The van der Waals surface area contributed by atoms with Gasteiger partial charge in [-0.1, -0.05) is 30.3 Å². The summed E-state index contributed by atoms with van der Waals surface area (Å²) < 4.78 is 13.0. The highest BCUT2D eigenvalue weighted by molar-refractivity contribution is 5.79. The van der Waals surface area contributed by atoms with Crippen molar-refractivity contribution in [1.82, 2.24) is 0 Å². The van der Waals surface area contributed by atoms with Crippen LogP contribution in [0.1, 0.15) is 12.0 Å². The molecule has 2 rings (SSSR count). The number of halogens is 1. The number of primary amides is 1. The SMILES string of the molecule is NC(=O)CN(CCCc1ccccc1)c1ccc(F)cc1. The number of anilines is 1. The number of carbonyl (C=O) groups is 1. The van der Waals surface area contributed by atoms with Gasteiger partial charge in [0.1, 0.15) is 5.82 Å². The predicted octanol–water partition coefficient (Wildman–Crippen LogP) is 2.75. The van der Waals surface area contributed by atoms with Gasteiger partial charge >= 0.3 is 0 Å². The Morgan fingerprint density at radius 3 is 2.33 bits per heavy atom. The van der Waals surface area contributed by atoms with Gasteiger partial charge in [0.15, 0.2) is 0 Å². The second kappa shape index (κ2) is 7.43. The van der Waals surface area contributed by atoms with E-state index in [0.717, 1.165) is 18.5 Å². The molecular formula is C17H19FN2O. The summed E-state index contributed by atoms with van der Waals surface area (Å²) in [4.78, 5) is 13.1. The largest absolute Gasteiger partial charge is 0.368 e. The topological polar surface area (TPSA) is 46.3 Å². The maximum atomic E-state index is 13.0. The fourth-order valence-corrected chi connectivity index (χ4v) is 2.26. The Morgan fingerprint density at radius 2 is 1.71 bits per heavy atom. The van der Waals surface area contributed by atoms with Crippen LogP contribution in [0.4, 0.5) is 10.1 Å². The molecule has 0 fully saturated rings. The maximum Gasteiger partial charge on any atom is 0.236 e. The fraction of sp³-hybridized carbons (Fsp3) is 0.235. The van der Waals surface area contributed by atoms with Crippen molar-refractivity contribution >= 4 is 11.6 Å². The molecule has 0 unspecified atom stereocenters. The van der Waals surface area contributed by atoms with Crippen LogP contribution in [0.25, 0.3) is 0 Å². The molecule has 0 atom stereocenters. The van der Waals surface area contributed by atoms with E-state index in [-0.39, 0.29) is 18.3 Å². The van der Waals surface area contributed by atoms with E-state index < -0.39 is 0 Å². The van der Waals surface area contributed by atoms with Gasteiger partial charge in [-0.05, 0) is 42.7 Å². The van der Waals surface area contributed by atoms with Gasteiger partial charge in [-0.25, -0.2) is 4.39 Å². The zero-order chi connectivity index (χ0) is 15.1. The lowest BCUT2D eigenvalue weighted by Crippen LogP contribution is -2.34. The van der Waals surface area contributed by atoms with E-state index in [1.165, 1.54) is 17.7 Å². The molecule has 4 heteroatoms. The zero-order valence-corrected chi connectivity index (χ0v) is 11.8. The summed E-state index contributed by atoms with van der Waals surface area (Å²) in [5, 5.41) is 0. The number of hydrogen-bond donors (Lipinski definition) is 1. The summed E-state index contributed by atoms with van der Waals surface area (Å²) in [6, 6.07) is 16.3. The van der Waals surface area contributed by atoms with E-state index in [4.69, 9.17) is 5.73 Å². The van der Waals surface area contributed by atoms with E-state index in [2.05, 4.69) is 12.1 Å². The first-order valence-electron chi connectivity index (χ1n) is 6.98. The lowest BCUT2D eigenvalue weighted by atomic mass is 10.1. The quantitative estimate of drug-likeness (QED) is 0.850. The minimum atomic E-state index is -0.390. The summed E-state index contributed by atoms with van der Waals surface area (Å²) in [5.41, 5.74) is 7.36. The number of amides is 1. The van der Waals surface area contributed by atoms with Crippen molar-refractivity contribution in [2.75, 3.05) is 18.0 Å². The predicted molar refractivity (Wildman–Crippen MR) is 82.6 cm³/mol. The lowest BCUT2D eigenvalue weighted by molar-refractivity contribution is -0.116. The lowest BCUT2D eigenvalue weighted by Gasteiger charge is -2.23. The van der Waals surface area contributed by atoms with Gasteiger partial charge in [0.2, 0.25) is 5.91 Å². The highest BCUT2D eigenvalue weighted by Gasteiger charge is 2.09. The van der Waals surface area contributed by atoms with E-state index in [9.17, 15) is 9.18 Å². The van der Waals surface area contributed by atoms with Crippen molar-refractivity contribution in [2.45, 2.75) is 12.8 Å². The van der Waals surface area contributed by atoms with Crippen molar-refractivity contribution in [1.29, 1.82) is 0 Å². The number of nitrogens with two attached hydrogens (primary N) is 1. The molecule has 2 aromatic carbocycles. The Balaban J connectivity index is 1.96. The van der Waals surface area contributed by atoms with Gasteiger partial charge in [-0.15, -0.1) is 0 Å². The van der Waals surface area contributed by atoms with Gasteiger partial charge in [0.25, 0.3) is 0 Å². The molecular weight excluding hydrogens is 267 g/mol. The van der Waals surface area contributed by atoms with Crippen LogP contribution >= 0.6 is 0 Å². The average molecular weight is 286 g/mol. The van der Waals surface area contributed by atoms with Crippen LogP contribution in [0.2, 0.25) is 0 Å². The van der Waals surface area contributed by atoms with Crippen LogP contribution in [-0.2, 0) is 11.2 Å². The number of carbonyl (C=O) groups excluding carboxylic acids is 1. The third-order valence-electron chi connectivity index (χ3n) is 3.27. The van der Waals surface area contributed by atoms with Crippen LogP contribution in [0.3, 0.4) is 0 Å². The number of nitrogens with zero attached hydrogens (tertiary/aromatic N) is 1. The molecule has 0 spiro atoms. The molecule has 1 amide bonds. The molecule has 21 heavy (non-hydrogen) atoms. The van der Waals surface area contributed by atoms with Crippen molar-refractivity contribution in [2.24, 2.45) is 5.73 Å². The molecule has 0 aliphatic carbocycles. The Hall–Kier alpha value is -2.36. The molecule has 0 saturated carbocycles.